The van der Waals surface area contributed by atoms with Crippen LogP contribution in [-0.4, -0.2) is 61.5 Å². The highest BCUT2D eigenvalue weighted by Gasteiger charge is 2.27. The lowest BCUT2D eigenvalue weighted by molar-refractivity contribution is -0.155. The second-order valence-electron chi connectivity index (χ2n) is 7.69. The van der Waals surface area contributed by atoms with E-state index < -0.39 is 42.0 Å². The van der Waals surface area contributed by atoms with Gasteiger partial charge in [0.15, 0.2) is 0 Å². The highest BCUT2D eigenvalue weighted by atomic mass is 16.6. The number of esters is 4. The van der Waals surface area contributed by atoms with Crippen molar-refractivity contribution in [1.82, 2.24) is 0 Å². The lowest BCUT2D eigenvalue weighted by atomic mass is 9.91. The summed E-state index contributed by atoms with van der Waals surface area (Å²) in [5.74, 6) is -2.72. The van der Waals surface area contributed by atoms with Gasteiger partial charge in [-0.25, -0.2) is 14.4 Å². The molecule has 0 spiro atoms. The Labute approximate surface area is 187 Å². The number of hydrogen-bond acceptors (Lipinski definition) is 9. The number of hydrogen-bond donors (Lipinski definition) is 1. The van der Waals surface area contributed by atoms with Crippen molar-refractivity contribution >= 4 is 23.9 Å². The van der Waals surface area contributed by atoms with Crippen molar-refractivity contribution in [2.75, 3.05) is 26.4 Å². The molecule has 0 saturated heterocycles. The van der Waals surface area contributed by atoms with Crippen LogP contribution >= 0.6 is 0 Å². The van der Waals surface area contributed by atoms with E-state index in [1.807, 2.05) is 6.92 Å². The van der Waals surface area contributed by atoms with Gasteiger partial charge in [-0.05, 0) is 39.3 Å². The number of aliphatic hydroxyl groups is 1. The van der Waals surface area contributed by atoms with E-state index in [4.69, 9.17) is 18.9 Å². The molecule has 1 atom stereocenters. The van der Waals surface area contributed by atoms with Crippen LogP contribution in [0.2, 0.25) is 0 Å². The maximum atomic E-state index is 12.4. The number of benzene rings is 1. The molecule has 0 aromatic heterocycles. The quantitative estimate of drug-likeness (QED) is 0.221. The van der Waals surface area contributed by atoms with E-state index in [9.17, 15) is 24.3 Å². The summed E-state index contributed by atoms with van der Waals surface area (Å²) in [7, 11) is 0. The average Bonchev–Trinajstić information content (AvgIpc) is 2.77. The molecule has 0 aliphatic rings. The zero-order valence-corrected chi connectivity index (χ0v) is 18.8. The topological polar surface area (TPSA) is 125 Å². The van der Waals surface area contributed by atoms with Crippen molar-refractivity contribution in [3.63, 3.8) is 0 Å². The lowest BCUT2D eigenvalue weighted by Crippen LogP contribution is -2.27. The van der Waals surface area contributed by atoms with Gasteiger partial charge < -0.3 is 24.1 Å². The highest BCUT2D eigenvalue weighted by molar-refractivity contribution is 6.03. The molecule has 1 aromatic carbocycles. The van der Waals surface area contributed by atoms with E-state index in [-0.39, 0.29) is 36.5 Å². The Bertz CT molecular complexity index is 842. The molecule has 0 aliphatic heterocycles. The Morgan fingerprint density at radius 2 is 1.44 bits per heavy atom. The Morgan fingerprint density at radius 1 is 0.938 bits per heavy atom. The van der Waals surface area contributed by atoms with Crippen LogP contribution in [0.5, 0.6) is 0 Å². The van der Waals surface area contributed by atoms with Crippen LogP contribution in [0, 0.1) is 5.41 Å². The minimum atomic E-state index is -1.25. The fraction of sp³-hybridized carbons (Fsp3) is 0.478. The summed E-state index contributed by atoms with van der Waals surface area (Å²) < 4.78 is 20.0. The monoisotopic (exact) mass is 450 g/mol. The summed E-state index contributed by atoms with van der Waals surface area (Å²) in [5.41, 5.74) is -0.563. The summed E-state index contributed by atoms with van der Waals surface area (Å²) in [6.07, 6.45) is -0.644. The molecule has 1 N–H and O–H groups in total. The van der Waals surface area contributed by atoms with Crippen LogP contribution in [0.15, 0.2) is 36.4 Å². The number of carbonyl (C=O) groups excluding carboxylic acids is 4. The van der Waals surface area contributed by atoms with Gasteiger partial charge in [0.1, 0.15) is 32.5 Å². The molecule has 0 aliphatic carbocycles. The van der Waals surface area contributed by atoms with Gasteiger partial charge in [-0.15, -0.1) is 0 Å². The molecular formula is C23H30O9. The summed E-state index contributed by atoms with van der Waals surface area (Å²) in [6.45, 7) is 9.12. The van der Waals surface area contributed by atoms with Crippen molar-refractivity contribution in [2.45, 2.75) is 40.2 Å². The molecule has 0 radical (unpaired) electrons. The molecule has 32 heavy (non-hydrogen) atoms. The Morgan fingerprint density at radius 3 is 1.97 bits per heavy atom. The van der Waals surface area contributed by atoms with E-state index >= 15 is 0 Å². The van der Waals surface area contributed by atoms with E-state index in [1.165, 1.54) is 25.1 Å². The molecule has 176 valence electrons. The first-order valence-electron chi connectivity index (χ1n) is 10.1. The molecule has 9 nitrogen and oxygen atoms in total. The van der Waals surface area contributed by atoms with Crippen molar-refractivity contribution < 1.29 is 43.2 Å². The molecular weight excluding hydrogens is 420 g/mol. The van der Waals surface area contributed by atoms with Gasteiger partial charge >= 0.3 is 23.9 Å². The van der Waals surface area contributed by atoms with Crippen LogP contribution in [0.1, 0.15) is 54.8 Å². The molecule has 0 saturated carbocycles. The minimum absolute atomic E-state index is 0.0408. The number of ether oxygens (including phenoxy) is 4. The van der Waals surface area contributed by atoms with Crippen molar-refractivity contribution in [1.29, 1.82) is 0 Å². The van der Waals surface area contributed by atoms with Crippen LogP contribution in [-0.2, 0) is 28.5 Å². The maximum Gasteiger partial charge on any atom is 0.339 e. The fourth-order valence-electron chi connectivity index (χ4n) is 2.12. The van der Waals surface area contributed by atoms with Gasteiger partial charge in [0.2, 0.25) is 0 Å². The van der Waals surface area contributed by atoms with Gasteiger partial charge in [-0.1, -0.05) is 25.6 Å². The largest absolute Gasteiger partial charge is 0.462 e. The standard InChI is InChI=1S/C23H30O9/c1-6-23(4,5)22(28)30-12-11-29-20(26)17-9-7-8-10-18(17)21(27)32-14-16(24)13-31-19(25)15(2)3/h7-10,16,24H,2,6,11-14H2,1,3-5H3. The third-order valence-corrected chi connectivity index (χ3v) is 4.52. The second-order valence-corrected chi connectivity index (χ2v) is 7.69. The zero-order chi connectivity index (χ0) is 24.3. The molecule has 9 heteroatoms. The summed E-state index contributed by atoms with van der Waals surface area (Å²) in [5, 5.41) is 9.80. The average molecular weight is 450 g/mol. The SMILES string of the molecule is C=C(C)C(=O)OCC(O)COC(=O)c1ccccc1C(=O)OCCOC(=O)C(C)(C)CC. The second kappa shape index (κ2) is 12.6. The first kappa shape index (κ1) is 26.8. The van der Waals surface area contributed by atoms with Crippen molar-refractivity contribution in [3.8, 4) is 0 Å². The first-order chi connectivity index (χ1) is 15.0. The molecule has 0 bridgehead atoms. The van der Waals surface area contributed by atoms with Gasteiger partial charge in [0, 0.05) is 5.57 Å². The highest BCUT2D eigenvalue weighted by Crippen LogP contribution is 2.21. The minimum Gasteiger partial charge on any atom is -0.462 e. The van der Waals surface area contributed by atoms with Crippen molar-refractivity contribution in [3.05, 3.63) is 47.5 Å². The molecule has 0 amide bonds. The molecule has 1 aromatic rings. The molecule has 0 heterocycles. The Kier molecular flexibility index (Phi) is 10.6. The van der Waals surface area contributed by atoms with E-state index in [0.29, 0.717) is 6.42 Å². The van der Waals surface area contributed by atoms with Crippen LogP contribution < -0.4 is 0 Å². The fourth-order valence-corrected chi connectivity index (χ4v) is 2.12. The smallest absolute Gasteiger partial charge is 0.339 e. The predicted octanol–water partition coefficient (Wildman–Crippen LogP) is 2.46. The van der Waals surface area contributed by atoms with Crippen LogP contribution in [0.25, 0.3) is 0 Å². The number of rotatable bonds is 12. The number of aliphatic hydroxyl groups excluding tert-OH is 1. The predicted molar refractivity (Wildman–Crippen MR) is 114 cm³/mol. The maximum absolute atomic E-state index is 12.4. The third kappa shape index (κ3) is 8.50. The van der Waals surface area contributed by atoms with Crippen LogP contribution in [0.3, 0.4) is 0 Å². The normalized spacial score (nSPS) is 11.8. The lowest BCUT2D eigenvalue weighted by Gasteiger charge is -2.20. The summed E-state index contributed by atoms with van der Waals surface area (Å²) in [6, 6.07) is 5.84. The van der Waals surface area contributed by atoms with Crippen molar-refractivity contribution in [2.24, 2.45) is 5.41 Å². The van der Waals surface area contributed by atoms with E-state index in [2.05, 4.69) is 6.58 Å². The van der Waals surface area contributed by atoms with E-state index in [1.54, 1.807) is 19.9 Å². The van der Waals surface area contributed by atoms with Gasteiger partial charge in [-0.2, -0.15) is 0 Å². The van der Waals surface area contributed by atoms with Gasteiger partial charge in [0.05, 0.1) is 16.5 Å². The molecule has 1 unspecified atom stereocenters. The zero-order valence-electron chi connectivity index (χ0n) is 18.8. The Hall–Kier alpha value is -3.20. The van der Waals surface area contributed by atoms with Gasteiger partial charge in [-0.3, -0.25) is 4.79 Å². The first-order valence-corrected chi connectivity index (χ1v) is 10.1. The van der Waals surface area contributed by atoms with E-state index in [0.717, 1.165) is 0 Å². The summed E-state index contributed by atoms with van der Waals surface area (Å²) >= 11 is 0. The molecule has 0 fully saturated rings. The third-order valence-electron chi connectivity index (χ3n) is 4.52. The Balaban J connectivity index is 2.58. The molecule has 1 rings (SSSR count). The number of carbonyl (C=O) groups is 4. The van der Waals surface area contributed by atoms with Gasteiger partial charge in [0.25, 0.3) is 0 Å². The van der Waals surface area contributed by atoms with Crippen LogP contribution in [0.4, 0.5) is 0 Å². The summed E-state index contributed by atoms with van der Waals surface area (Å²) in [4.78, 5) is 48.0.